The molecule has 0 aliphatic rings. The van der Waals surface area contributed by atoms with Gasteiger partial charge in [0.1, 0.15) is 12.5 Å². The van der Waals surface area contributed by atoms with Crippen molar-refractivity contribution in [2.24, 2.45) is 11.5 Å². The molecule has 4 rings (SSSR count). The van der Waals surface area contributed by atoms with Gasteiger partial charge in [-0.15, -0.1) is 23.5 Å². The molecule has 0 spiro atoms. The summed E-state index contributed by atoms with van der Waals surface area (Å²) >= 11 is 27.3. The van der Waals surface area contributed by atoms with Gasteiger partial charge < -0.3 is 18.3 Å². The number of benzene rings is 2. The number of esters is 2. The van der Waals surface area contributed by atoms with Crippen molar-refractivity contribution in [3.8, 4) is 0 Å². The molecule has 4 N–H and O–H groups in total. The zero-order valence-electron chi connectivity index (χ0n) is 21.3. The monoisotopic (exact) mass is 690 g/mol. The lowest BCUT2D eigenvalue weighted by molar-refractivity contribution is -0.175. The molecule has 4 aromatic rings. The van der Waals surface area contributed by atoms with E-state index in [2.05, 4.69) is 9.97 Å². The molecule has 42 heavy (non-hydrogen) atoms. The molecule has 0 fully saturated rings. The summed E-state index contributed by atoms with van der Waals surface area (Å²) in [5.41, 5.74) is 12.4. The molecule has 2 aromatic carbocycles. The molecule has 222 valence electrons. The second-order valence-electron chi connectivity index (χ2n) is 8.47. The highest BCUT2D eigenvalue weighted by molar-refractivity contribution is 7.99. The van der Waals surface area contributed by atoms with E-state index in [-0.39, 0.29) is 23.3 Å². The van der Waals surface area contributed by atoms with Gasteiger partial charge in [0.05, 0.1) is 34.3 Å². The van der Waals surface area contributed by atoms with Gasteiger partial charge in [0, 0.05) is 31.3 Å². The Balaban J connectivity index is 1.40. The van der Waals surface area contributed by atoms with Crippen molar-refractivity contribution >= 4 is 81.9 Å². The van der Waals surface area contributed by atoms with Crippen molar-refractivity contribution in [1.82, 2.24) is 9.97 Å². The zero-order chi connectivity index (χ0) is 30.2. The Morgan fingerprint density at radius 1 is 0.738 bits per heavy atom. The minimum absolute atomic E-state index is 0.187. The van der Waals surface area contributed by atoms with E-state index >= 15 is 0 Å². The van der Waals surface area contributed by atoms with Crippen LogP contribution in [0.1, 0.15) is 23.6 Å². The summed E-state index contributed by atoms with van der Waals surface area (Å²) in [6.45, 7) is 0. The Morgan fingerprint density at radius 3 is 1.50 bits per heavy atom. The van der Waals surface area contributed by atoms with Crippen LogP contribution in [0.5, 0.6) is 0 Å². The average molecular weight is 692 g/mol. The van der Waals surface area contributed by atoms with Crippen molar-refractivity contribution < 1.29 is 27.9 Å². The standard InChI is InChI=1S/C26H22Cl4N4O6S2/c27-13-1-3-17(29)19(9-13)41-11-15(23-33-5-7-37-23)21(31)39-25(35)26(36)40-22(32)16(24-34-6-8-38-24)12-42-20-10-14(28)2-4-18(20)30/h1-10,15-16,21-22H,11-12,31-32H2. The summed E-state index contributed by atoms with van der Waals surface area (Å²) in [6, 6.07) is 9.97. The van der Waals surface area contributed by atoms with Crippen molar-refractivity contribution in [2.75, 3.05) is 11.5 Å². The molecule has 2 aromatic heterocycles. The molecule has 0 bridgehead atoms. The van der Waals surface area contributed by atoms with Gasteiger partial charge in [0.25, 0.3) is 0 Å². The Kier molecular flexibility index (Phi) is 11.9. The van der Waals surface area contributed by atoms with Crippen LogP contribution in [-0.4, -0.2) is 45.9 Å². The fraction of sp³-hybridized carbons (Fsp3) is 0.231. The molecule has 0 amide bonds. The lowest BCUT2D eigenvalue weighted by Crippen LogP contribution is -2.41. The molecule has 16 heteroatoms. The fourth-order valence-electron chi connectivity index (χ4n) is 3.49. The smallest absolute Gasteiger partial charge is 0.419 e. The minimum atomic E-state index is -1.36. The molecule has 0 saturated heterocycles. The largest absolute Gasteiger partial charge is 0.448 e. The van der Waals surface area contributed by atoms with E-state index in [1.54, 1.807) is 36.4 Å². The minimum Gasteiger partial charge on any atom is -0.448 e. The van der Waals surface area contributed by atoms with E-state index in [4.69, 9.17) is 76.2 Å². The molecule has 0 radical (unpaired) electrons. The number of ether oxygens (including phenoxy) is 2. The summed E-state index contributed by atoms with van der Waals surface area (Å²) in [5.74, 6) is -3.43. The Bertz CT molecular complexity index is 1380. The number of oxazole rings is 2. The highest BCUT2D eigenvalue weighted by Gasteiger charge is 2.34. The van der Waals surface area contributed by atoms with E-state index in [0.29, 0.717) is 29.9 Å². The van der Waals surface area contributed by atoms with Crippen LogP contribution in [0.25, 0.3) is 0 Å². The second kappa shape index (κ2) is 15.3. The van der Waals surface area contributed by atoms with Crippen LogP contribution in [0.2, 0.25) is 20.1 Å². The third-order valence-corrected chi connectivity index (χ3v) is 9.31. The van der Waals surface area contributed by atoms with Gasteiger partial charge in [-0.25, -0.2) is 19.6 Å². The lowest BCUT2D eigenvalue weighted by atomic mass is 10.1. The fourth-order valence-corrected chi connectivity index (χ4v) is 6.74. The lowest BCUT2D eigenvalue weighted by Gasteiger charge is -2.23. The molecular formula is C26H22Cl4N4O6S2. The first kappa shape index (κ1) is 32.5. The molecule has 0 aliphatic carbocycles. The van der Waals surface area contributed by atoms with Crippen molar-refractivity contribution in [3.05, 3.63) is 93.2 Å². The van der Waals surface area contributed by atoms with Gasteiger partial charge in [-0.05, 0) is 36.4 Å². The van der Waals surface area contributed by atoms with E-state index in [9.17, 15) is 9.59 Å². The summed E-state index contributed by atoms with van der Waals surface area (Å²) in [6.07, 6.45) is 2.84. The normalized spacial score (nSPS) is 14.1. The number of thioether (sulfide) groups is 2. The molecular weight excluding hydrogens is 670 g/mol. The van der Waals surface area contributed by atoms with Crippen LogP contribution in [0.3, 0.4) is 0 Å². The van der Waals surface area contributed by atoms with Crippen LogP contribution in [-0.2, 0) is 19.1 Å². The van der Waals surface area contributed by atoms with Gasteiger partial charge >= 0.3 is 11.9 Å². The van der Waals surface area contributed by atoms with Crippen LogP contribution < -0.4 is 11.5 Å². The number of rotatable bonds is 12. The Hall–Kier alpha value is -2.42. The van der Waals surface area contributed by atoms with Crippen LogP contribution >= 0.6 is 69.9 Å². The summed E-state index contributed by atoms with van der Waals surface area (Å²) in [7, 11) is 0. The van der Waals surface area contributed by atoms with Crippen LogP contribution in [0, 0.1) is 0 Å². The maximum atomic E-state index is 12.7. The number of nitrogens with zero attached hydrogens (tertiary/aromatic N) is 2. The first-order valence-corrected chi connectivity index (χ1v) is 15.5. The van der Waals surface area contributed by atoms with Gasteiger partial charge in [0.15, 0.2) is 12.5 Å². The van der Waals surface area contributed by atoms with E-state index in [1.165, 1.54) is 48.4 Å². The zero-order valence-corrected chi connectivity index (χ0v) is 26.0. The summed E-state index contributed by atoms with van der Waals surface area (Å²) in [5, 5.41) is 1.91. The molecule has 0 aliphatic heterocycles. The topological polar surface area (TPSA) is 157 Å². The van der Waals surface area contributed by atoms with Gasteiger partial charge in [-0.3, -0.25) is 11.5 Å². The maximum absolute atomic E-state index is 12.7. The number of carbonyl (C=O) groups is 2. The van der Waals surface area contributed by atoms with Gasteiger partial charge in [-0.2, -0.15) is 0 Å². The molecule has 4 atom stereocenters. The van der Waals surface area contributed by atoms with Crippen LogP contribution in [0.15, 0.2) is 79.9 Å². The van der Waals surface area contributed by atoms with E-state index in [1.807, 2.05) is 0 Å². The number of halogens is 4. The van der Waals surface area contributed by atoms with Crippen molar-refractivity contribution in [2.45, 2.75) is 34.1 Å². The number of hydrogen-bond acceptors (Lipinski definition) is 12. The number of aromatic nitrogens is 2. The number of carbonyl (C=O) groups excluding carboxylic acids is 2. The highest BCUT2D eigenvalue weighted by Crippen LogP contribution is 2.35. The average Bonchev–Trinajstić information content (AvgIpc) is 3.68. The van der Waals surface area contributed by atoms with Crippen LogP contribution in [0.4, 0.5) is 0 Å². The molecule has 4 unspecified atom stereocenters. The Morgan fingerprint density at radius 2 is 1.14 bits per heavy atom. The summed E-state index contributed by atoms with van der Waals surface area (Å²) < 4.78 is 21.2. The predicted octanol–water partition coefficient (Wildman–Crippen LogP) is 6.38. The van der Waals surface area contributed by atoms with E-state index in [0.717, 1.165) is 0 Å². The molecule has 0 saturated carbocycles. The molecule has 2 heterocycles. The quantitative estimate of drug-likeness (QED) is 0.0732. The van der Waals surface area contributed by atoms with Crippen molar-refractivity contribution in [1.29, 1.82) is 0 Å². The van der Waals surface area contributed by atoms with Gasteiger partial charge in [0.2, 0.25) is 11.8 Å². The number of nitrogens with two attached hydrogens (primary N) is 2. The van der Waals surface area contributed by atoms with Crippen molar-refractivity contribution in [3.63, 3.8) is 0 Å². The maximum Gasteiger partial charge on any atom is 0.419 e. The third-order valence-electron chi connectivity index (χ3n) is 5.61. The number of hydrogen-bond donors (Lipinski definition) is 2. The van der Waals surface area contributed by atoms with E-state index < -0.39 is 36.2 Å². The predicted molar refractivity (Wildman–Crippen MR) is 161 cm³/mol. The van der Waals surface area contributed by atoms with Gasteiger partial charge in [-0.1, -0.05) is 46.4 Å². The summed E-state index contributed by atoms with van der Waals surface area (Å²) in [4.78, 5) is 35.0. The molecule has 10 nitrogen and oxygen atoms in total. The third kappa shape index (κ3) is 8.80. The SMILES string of the molecule is NC(OC(=O)C(=O)OC(N)C(CSc1cc(Cl)ccc1Cl)c1ncco1)C(CSc1cc(Cl)ccc1Cl)c1ncco1. The second-order valence-corrected chi connectivity index (χ2v) is 12.3. The Labute approximate surface area is 268 Å². The first-order valence-electron chi connectivity index (χ1n) is 12.0. The first-order chi connectivity index (χ1) is 20.1. The highest BCUT2D eigenvalue weighted by atomic mass is 35.5.